The molecule has 0 rings (SSSR count). The normalized spacial score (nSPS) is 14.5. The first kappa shape index (κ1) is 31.2. The largest absolute Gasteiger partial charge is 0.472 e. The molecule has 2 atom stereocenters. The second-order valence-corrected chi connectivity index (χ2v) is 9.47. The highest BCUT2D eigenvalue weighted by Crippen LogP contribution is 2.42. The molecule has 190 valence electrons. The van der Waals surface area contributed by atoms with Gasteiger partial charge in [0.2, 0.25) is 0 Å². The van der Waals surface area contributed by atoms with E-state index in [1.54, 1.807) is 0 Å². The number of carbonyl (C=O) groups is 1. The number of hydrogen-bond acceptors (Lipinski definition) is 7. The van der Waals surface area contributed by atoms with E-state index in [9.17, 15) is 19.4 Å². The van der Waals surface area contributed by atoms with Gasteiger partial charge in [0.25, 0.3) is 0 Å². The third-order valence-electron chi connectivity index (χ3n) is 4.94. The number of unbranched alkanes of at least 4 members (excludes halogenated alkanes) is 11. The lowest BCUT2D eigenvalue weighted by Crippen LogP contribution is -2.27. The Labute approximate surface area is 194 Å². The fourth-order valence-electron chi connectivity index (χ4n) is 3.09. The molecule has 9 heteroatoms. The number of rotatable bonds is 23. The molecular formula is C23H46NO7P. The summed E-state index contributed by atoms with van der Waals surface area (Å²) in [5.74, 6) is -0.457. The van der Waals surface area contributed by atoms with Crippen molar-refractivity contribution < 1.29 is 33.1 Å². The van der Waals surface area contributed by atoms with Crippen LogP contribution in [-0.2, 0) is 23.1 Å². The summed E-state index contributed by atoms with van der Waals surface area (Å²) in [4.78, 5) is 21.3. The molecule has 0 aliphatic rings. The molecule has 1 unspecified atom stereocenters. The van der Waals surface area contributed by atoms with E-state index in [1.807, 2.05) is 0 Å². The van der Waals surface area contributed by atoms with Gasteiger partial charge in [-0.15, -0.1) is 0 Å². The Kier molecular flexibility index (Phi) is 21.5. The molecule has 0 fully saturated rings. The van der Waals surface area contributed by atoms with Crippen LogP contribution >= 0.6 is 7.82 Å². The van der Waals surface area contributed by atoms with Gasteiger partial charge in [-0.25, -0.2) is 4.57 Å². The molecule has 0 aliphatic heterocycles. The quantitative estimate of drug-likeness (QED) is 0.0806. The van der Waals surface area contributed by atoms with Gasteiger partial charge in [0.1, 0.15) is 6.10 Å². The molecule has 8 nitrogen and oxygen atoms in total. The first-order valence-electron chi connectivity index (χ1n) is 12.2. The van der Waals surface area contributed by atoms with Gasteiger partial charge >= 0.3 is 13.8 Å². The minimum atomic E-state index is -4.26. The van der Waals surface area contributed by atoms with Crippen LogP contribution in [0.1, 0.15) is 96.8 Å². The molecule has 0 aromatic heterocycles. The van der Waals surface area contributed by atoms with Gasteiger partial charge in [0.05, 0.1) is 19.8 Å². The van der Waals surface area contributed by atoms with Crippen LogP contribution in [-0.4, -0.2) is 48.4 Å². The molecule has 0 heterocycles. The fourth-order valence-corrected chi connectivity index (χ4v) is 3.86. The van der Waals surface area contributed by atoms with Crippen LogP contribution in [0.3, 0.4) is 0 Å². The van der Waals surface area contributed by atoms with Gasteiger partial charge in [-0.2, -0.15) is 0 Å². The zero-order valence-electron chi connectivity index (χ0n) is 19.9. The molecule has 0 aliphatic carbocycles. The Hall–Kier alpha value is -0.760. The van der Waals surface area contributed by atoms with E-state index >= 15 is 0 Å². The second kappa shape index (κ2) is 22.1. The number of aliphatic hydroxyl groups excluding tert-OH is 1. The first-order chi connectivity index (χ1) is 15.4. The van der Waals surface area contributed by atoms with Crippen molar-refractivity contribution in [1.29, 1.82) is 0 Å². The van der Waals surface area contributed by atoms with Crippen molar-refractivity contribution in [3.63, 3.8) is 0 Å². The van der Waals surface area contributed by atoms with Crippen LogP contribution in [0.25, 0.3) is 0 Å². The van der Waals surface area contributed by atoms with Crippen molar-refractivity contribution in [2.24, 2.45) is 5.73 Å². The number of aliphatic hydroxyl groups is 1. The van der Waals surface area contributed by atoms with Gasteiger partial charge in [0, 0.05) is 13.0 Å². The van der Waals surface area contributed by atoms with Gasteiger partial charge in [-0.05, 0) is 32.1 Å². The molecule has 0 bridgehead atoms. The number of ether oxygens (including phenoxy) is 1. The van der Waals surface area contributed by atoms with Crippen molar-refractivity contribution >= 4 is 13.8 Å². The van der Waals surface area contributed by atoms with E-state index in [0.717, 1.165) is 32.1 Å². The number of nitrogens with two attached hydrogens (primary N) is 1. The number of phosphoric ester groups is 1. The highest BCUT2D eigenvalue weighted by Gasteiger charge is 2.24. The summed E-state index contributed by atoms with van der Waals surface area (Å²) in [6.45, 7) is 1.25. The maximum atomic E-state index is 11.9. The standard InChI is InChI=1S/C23H46NO7P/c1-2-3-4-5-6-7-8-9-10-11-12-13-14-15-16-17-23(26)31-22(20-25)21-30-32(27,28)29-19-18-24/h9-10,22,25H,2-8,11-21,24H2,1H3,(H,27,28)/t22-/m0/s1. The smallest absolute Gasteiger partial charge is 0.457 e. The molecule has 0 aromatic carbocycles. The van der Waals surface area contributed by atoms with E-state index in [-0.39, 0.29) is 19.6 Å². The Morgan fingerprint density at radius 3 is 2.06 bits per heavy atom. The zero-order chi connectivity index (χ0) is 23.9. The van der Waals surface area contributed by atoms with E-state index < -0.39 is 33.1 Å². The van der Waals surface area contributed by atoms with Gasteiger partial charge in [0.15, 0.2) is 0 Å². The lowest BCUT2D eigenvalue weighted by molar-refractivity contribution is -0.153. The number of phosphoric acid groups is 1. The number of carbonyl (C=O) groups excluding carboxylic acids is 1. The first-order valence-corrected chi connectivity index (χ1v) is 13.7. The molecule has 32 heavy (non-hydrogen) atoms. The summed E-state index contributed by atoms with van der Waals surface area (Å²) in [5.41, 5.74) is 5.19. The zero-order valence-corrected chi connectivity index (χ0v) is 20.8. The SMILES string of the molecule is CCCCCCCCC=CCCCCCCCC(=O)O[C@@H](CO)COP(=O)(O)OCCN. The minimum Gasteiger partial charge on any atom is -0.457 e. The van der Waals surface area contributed by atoms with Crippen LogP contribution in [0.4, 0.5) is 0 Å². The highest BCUT2D eigenvalue weighted by molar-refractivity contribution is 7.47. The van der Waals surface area contributed by atoms with E-state index in [0.29, 0.717) is 6.42 Å². The Balaban J connectivity index is 3.63. The van der Waals surface area contributed by atoms with E-state index in [1.165, 1.54) is 44.9 Å². The lowest BCUT2D eigenvalue weighted by atomic mass is 10.1. The summed E-state index contributed by atoms with van der Waals surface area (Å²) in [6, 6.07) is 0. The second-order valence-electron chi connectivity index (χ2n) is 8.01. The minimum absolute atomic E-state index is 0.0717. The topological polar surface area (TPSA) is 128 Å². The summed E-state index contributed by atoms with van der Waals surface area (Å²) in [5, 5.41) is 9.26. The van der Waals surface area contributed by atoms with Crippen molar-refractivity contribution in [2.45, 2.75) is 103 Å². The number of allylic oxidation sites excluding steroid dienone is 2. The Bertz CT molecular complexity index is 517. The van der Waals surface area contributed by atoms with Crippen molar-refractivity contribution in [2.75, 3.05) is 26.4 Å². The maximum absolute atomic E-state index is 11.9. The predicted molar refractivity (Wildman–Crippen MR) is 127 cm³/mol. The monoisotopic (exact) mass is 479 g/mol. The fraction of sp³-hybridized carbons (Fsp3) is 0.870. The maximum Gasteiger partial charge on any atom is 0.472 e. The lowest BCUT2D eigenvalue weighted by Gasteiger charge is -2.17. The van der Waals surface area contributed by atoms with E-state index in [4.69, 9.17) is 15.0 Å². The summed E-state index contributed by atoms with van der Waals surface area (Å²) in [6.07, 6.45) is 19.2. The van der Waals surface area contributed by atoms with E-state index in [2.05, 4.69) is 23.6 Å². The van der Waals surface area contributed by atoms with Crippen LogP contribution in [0.2, 0.25) is 0 Å². The predicted octanol–water partition coefficient (Wildman–Crippen LogP) is 5.02. The molecule has 0 saturated carbocycles. The summed E-state index contributed by atoms with van der Waals surface area (Å²) >= 11 is 0. The van der Waals surface area contributed by atoms with Gasteiger partial charge in [-0.3, -0.25) is 13.8 Å². The Morgan fingerprint density at radius 1 is 0.938 bits per heavy atom. The van der Waals surface area contributed by atoms with Crippen LogP contribution in [0.5, 0.6) is 0 Å². The molecule has 4 N–H and O–H groups in total. The van der Waals surface area contributed by atoms with Gasteiger partial charge < -0.3 is 20.5 Å². The van der Waals surface area contributed by atoms with Crippen molar-refractivity contribution in [3.8, 4) is 0 Å². The molecule has 0 aromatic rings. The van der Waals surface area contributed by atoms with Crippen LogP contribution < -0.4 is 5.73 Å². The van der Waals surface area contributed by atoms with Gasteiger partial charge in [-0.1, -0.05) is 70.4 Å². The van der Waals surface area contributed by atoms with Crippen LogP contribution in [0.15, 0.2) is 12.2 Å². The molecular weight excluding hydrogens is 433 g/mol. The Morgan fingerprint density at radius 2 is 1.50 bits per heavy atom. The molecule has 0 radical (unpaired) electrons. The third kappa shape index (κ3) is 21.1. The summed E-state index contributed by atoms with van der Waals surface area (Å²) in [7, 11) is -4.26. The number of esters is 1. The average molecular weight is 480 g/mol. The number of hydrogen-bond donors (Lipinski definition) is 3. The van der Waals surface area contributed by atoms with Crippen molar-refractivity contribution in [3.05, 3.63) is 12.2 Å². The molecule has 0 spiro atoms. The molecule has 0 amide bonds. The third-order valence-corrected chi connectivity index (χ3v) is 5.92. The summed E-state index contributed by atoms with van der Waals surface area (Å²) < 4.78 is 25.9. The van der Waals surface area contributed by atoms with Crippen molar-refractivity contribution in [1.82, 2.24) is 0 Å². The highest BCUT2D eigenvalue weighted by atomic mass is 31.2. The average Bonchev–Trinajstić information content (AvgIpc) is 2.77. The van der Waals surface area contributed by atoms with Crippen LogP contribution in [0, 0.1) is 0 Å². The molecule has 0 saturated heterocycles.